The van der Waals surface area contributed by atoms with Gasteiger partial charge < -0.3 is 9.84 Å². The van der Waals surface area contributed by atoms with Gasteiger partial charge in [-0.05, 0) is 38.0 Å². The second-order valence-electron chi connectivity index (χ2n) is 5.95. The van der Waals surface area contributed by atoms with E-state index in [0.717, 1.165) is 11.1 Å². The van der Waals surface area contributed by atoms with Crippen molar-refractivity contribution in [3.8, 4) is 0 Å². The summed E-state index contributed by atoms with van der Waals surface area (Å²) in [5.74, 6) is -1.06. The molecule has 0 saturated heterocycles. The van der Waals surface area contributed by atoms with Gasteiger partial charge in [-0.1, -0.05) is 30.3 Å². The van der Waals surface area contributed by atoms with Gasteiger partial charge in [0.1, 0.15) is 5.60 Å². The third-order valence-corrected chi connectivity index (χ3v) is 3.06. The fourth-order valence-corrected chi connectivity index (χ4v) is 2.16. The summed E-state index contributed by atoms with van der Waals surface area (Å²) in [6.07, 6.45) is 0.985. The van der Waals surface area contributed by atoms with E-state index in [2.05, 4.69) is 0 Å². The predicted octanol–water partition coefficient (Wildman–Crippen LogP) is 2.77. The fraction of sp³-hybridized carbons (Fsp3) is 0.375. The van der Waals surface area contributed by atoms with E-state index in [1.165, 1.54) is 4.90 Å². The molecule has 0 fully saturated rings. The SMILES string of the molecule is CC(C)(C)OC(=O)N1CC(c2ccccc2)=C[C@@H]1C(=O)O. The van der Waals surface area contributed by atoms with Crippen LogP contribution in [0.25, 0.3) is 5.57 Å². The number of benzene rings is 1. The number of carbonyl (C=O) groups is 2. The predicted molar refractivity (Wildman–Crippen MR) is 78.8 cm³/mol. The van der Waals surface area contributed by atoms with Crippen LogP contribution >= 0.6 is 0 Å². The quantitative estimate of drug-likeness (QED) is 0.909. The summed E-state index contributed by atoms with van der Waals surface area (Å²) in [7, 11) is 0. The Kier molecular flexibility index (Phi) is 4.02. The third-order valence-electron chi connectivity index (χ3n) is 3.06. The van der Waals surface area contributed by atoms with Gasteiger partial charge >= 0.3 is 12.1 Å². The van der Waals surface area contributed by atoms with Gasteiger partial charge in [0.25, 0.3) is 0 Å². The number of nitrogens with zero attached hydrogens (tertiary/aromatic N) is 1. The molecule has 0 bridgehead atoms. The number of ether oxygens (including phenoxy) is 1. The maximum atomic E-state index is 12.2. The van der Waals surface area contributed by atoms with Gasteiger partial charge in [-0.2, -0.15) is 0 Å². The van der Waals surface area contributed by atoms with Crippen LogP contribution in [0, 0.1) is 0 Å². The standard InChI is InChI=1S/C16H19NO4/c1-16(2,3)21-15(20)17-10-12(9-13(17)14(18)19)11-7-5-4-6-8-11/h4-9,13H,10H2,1-3H3,(H,18,19)/t13-/m1/s1. The Bertz CT molecular complexity index is 572. The summed E-state index contributed by atoms with van der Waals surface area (Å²) in [5, 5.41) is 9.30. The zero-order valence-electron chi connectivity index (χ0n) is 12.4. The number of hydrogen-bond donors (Lipinski definition) is 1. The van der Waals surface area contributed by atoms with Crippen LogP contribution in [-0.4, -0.2) is 40.3 Å². The van der Waals surface area contributed by atoms with E-state index in [-0.39, 0.29) is 6.54 Å². The van der Waals surface area contributed by atoms with Crippen molar-refractivity contribution in [2.45, 2.75) is 32.4 Å². The Balaban J connectivity index is 2.22. The molecule has 1 atom stereocenters. The Labute approximate surface area is 123 Å². The number of hydrogen-bond acceptors (Lipinski definition) is 3. The van der Waals surface area contributed by atoms with Gasteiger partial charge in [-0.15, -0.1) is 0 Å². The van der Waals surface area contributed by atoms with E-state index in [4.69, 9.17) is 4.74 Å². The molecule has 2 rings (SSSR count). The van der Waals surface area contributed by atoms with E-state index in [9.17, 15) is 14.7 Å². The maximum absolute atomic E-state index is 12.2. The van der Waals surface area contributed by atoms with Crippen LogP contribution in [0.4, 0.5) is 4.79 Å². The van der Waals surface area contributed by atoms with E-state index in [0.29, 0.717) is 0 Å². The molecule has 5 heteroatoms. The van der Waals surface area contributed by atoms with Crippen molar-refractivity contribution < 1.29 is 19.4 Å². The second kappa shape index (κ2) is 5.60. The Morgan fingerprint density at radius 3 is 2.38 bits per heavy atom. The van der Waals surface area contributed by atoms with Gasteiger partial charge in [-0.3, -0.25) is 4.90 Å². The molecule has 1 N–H and O–H groups in total. The average molecular weight is 289 g/mol. The zero-order valence-corrected chi connectivity index (χ0v) is 12.4. The molecule has 0 aliphatic carbocycles. The Hall–Kier alpha value is -2.30. The smallest absolute Gasteiger partial charge is 0.411 e. The molecule has 1 amide bonds. The van der Waals surface area contributed by atoms with Crippen molar-refractivity contribution in [2.24, 2.45) is 0 Å². The first-order valence-corrected chi connectivity index (χ1v) is 6.76. The maximum Gasteiger partial charge on any atom is 0.411 e. The van der Waals surface area contributed by atoms with E-state index >= 15 is 0 Å². The minimum absolute atomic E-state index is 0.232. The van der Waals surface area contributed by atoms with Crippen molar-refractivity contribution in [3.05, 3.63) is 42.0 Å². The number of aliphatic carboxylic acids is 1. The monoisotopic (exact) mass is 289 g/mol. The van der Waals surface area contributed by atoms with Crippen LogP contribution in [0.3, 0.4) is 0 Å². The van der Waals surface area contributed by atoms with Crippen molar-refractivity contribution >= 4 is 17.6 Å². The average Bonchev–Trinajstić information content (AvgIpc) is 2.83. The molecule has 0 saturated carbocycles. The number of carbonyl (C=O) groups excluding carboxylic acids is 1. The van der Waals surface area contributed by atoms with Crippen molar-refractivity contribution in [1.29, 1.82) is 0 Å². The molecular weight excluding hydrogens is 270 g/mol. The van der Waals surface area contributed by atoms with Crippen LogP contribution in [0.15, 0.2) is 36.4 Å². The van der Waals surface area contributed by atoms with Gasteiger partial charge in [0.05, 0.1) is 6.54 Å². The van der Waals surface area contributed by atoms with Crippen LogP contribution in [0.2, 0.25) is 0 Å². The lowest BCUT2D eigenvalue weighted by Gasteiger charge is -2.27. The number of carboxylic acid groups (broad SMARTS) is 1. The fourth-order valence-electron chi connectivity index (χ4n) is 2.16. The molecular formula is C16H19NO4. The summed E-state index contributed by atoms with van der Waals surface area (Å²) in [6.45, 7) is 5.49. The molecule has 21 heavy (non-hydrogen) atoms. The molecule has 1 aliphatic rings. The molecule has 1 aliphatic heterocycles. The van der Waals surface area contributed by atoms with Gasteiger partial charge in [0, 0.05) is 0 Å². The van der Waals surface area contributed by atoms with Crippen LogP contribution in [0.1, 0.15) is 26.3 Å². The lowest BCUT2D eigenvalue weighted by molar-refractivity contribution is -0.140. The van der Waals surface area contributed by atoms with Crippen LogP contribution in [-0.2, 0) is 9.53 Å². The highest BCUT2D eigenvalue weighted by Crippen LogP contribution is 2.26. The van der Waals surface area contributed by atoms with Gasteiger partial charge in [0.15, 0.2) is 6.04 Å². The van der Waals surface area contributed by atoms with E-state index in [1.54, 1.807) is 26.8 Å². The summed E-state index contributed by atoms with van der Waals surface area (Å²) in [5.41, 5.74) is 1.07. The Morgan fingerprint density at radius 1 is 1.24 bits per heavy atom. The van der Waals surface area contributed by atoms with Crippen LogP contribution in [0.5, 0.6) is 0 Å². The lowest BCUT2D eigenvalue weighted by atomic mass is 10.1. The lowest BCUT2D eigenvalue weighted by Crippen LogP contribution is -2.43. The summed E-state index contributed by atoms with van der Waals surface area (Å²) in [6, 6.07) is 8.44. The first kappa shape index (κ1) is 15.1. The number of amides is 1. The normalized spacial score (nSPS) is 18.3. The molecule has 0 unspecified atom stereocenters. The molecule has 1 aromatic rings. The summed E-state index contributed by atoms with van der Waals surface area (Å²) < 4.78 is 5.28. The first-order valence-electron chi connectivity index (χ1n) is 6.76. The van der Waals surface area contributed by atoms with E-state index in [1.807, 2.05) is 30.3 Å². The third kappa shape index (κ3) is 3.62. The van der Waals surface area contributed by atoms with Crippen molar-refractivity contribution in [1.82, 2.24) is 4.90 Å². The highest BCUT2D eigenvalue weighted by atomic mass is 16.6. The topological polar surface area (TPSA) is 66.8 Å². The number of rotatable bonds is 2. The van der Waals surface area contributed by atoms with Gasteiger partial charge in [-0.25, -0.2) is 9.59 Å². The largest absolute Gasteiger partial charge is 0.479 e. The molecule has 0 radical (unpaired) electrons. The minimum Gasteiger partial charge on any atom is -0.479 e. The highest BCUT2D eigenvalue weighted by Gasteiger charge is 2.36. The van der Waals surface area contributed by atoms with Gasteiger partial charge in [0.2, 0.25) is 0 Å². The second-order valence-corrected chi connectivity index (χ2v) is 5.95. The zero-order chi connectivity index (χ0) is 15.6. The summed E-state index contributed by atoms with van der Waals surface area (Å²) in [4.78, 5) is 24.8. The van der Waals surface area contributed by atoms with Crippen molar-refractivity contribution in [3.63, 3.8) is 0 Å². The Morgan fingerprint density at radius 2 is 1.86 bits per heavy atom. The number of carboxylic acids is 1. The molecule has 1 heterocycles. The highest BCUT2D eigenvalue weighted by molar-refractivity contribution is 5.89. The molecule has 0 aromatic heterocycles. The minimum atomic E-state index is -1.06. The molecule has 1 aromatic carbocycles. The summed E-state index contributed by atoms with van der Waals surface area (Å²) >= 11 is 0. The molecule has 112 valence electrons. The van der Waals surface area contributed by atoms with Crippen molar-refractivity contribution in [2.75, 3.05) is 6.54 Å². The molecule has 5 nitrogen and oxygen atoms in total. The van der Waals surface area contributed by atoms with E-state index < -0.39 is 23.7 Å². The molecule has 0 spiro atoms. The van der Waals surface area contributed by atoms with Crippen LogP contribution < -0.4 is 0 Å². The first-order chi connectivity index (χ1) is 9.78.